The van der Waals surface area contributed by atoms with E-state index in [-0.39, 0.29) is 12.2 Å². The third kappa shape index (κ3) is 3.32. The smallest absolute Gasteiger partial charge is 0.226 e. The Morgan fingerprint density at radius 1 is 1.39 bits per heavy atom. The summed E-state index contributed by atoms with van der Waals surface area (Å²) in [6, 6.07) is 2.07. The van der Waals surface area contributed by atoms with E-state index in [1.165, 1.54) is 6.42 Å². The molecule has 0 amide bonds. The van der Waals surface area contributed by atoms with Gasteiger partial charge in [0, 0.05) is 19.4 Å². The van der Waals surface area contributed by atoms with E-state index < -0.39 is 0 Å². The molecule has 1 fully saturated rings. The fourth-order valence-electron chi connectivity index (χ4n) is 2.26. The molecule has 1 N–H and O–H groups in total. The molecule has 1 aromatic rings. The fraction of sp³-hybridized carbons (Fsp3) is 0.692. The van der Waals surface area contributed by atoms with E-state index in [2.05, 4.69) is 15.3 Å². The predicted molar refractivity (Wildman–Crippen MR) is 69.9 cm³/mol. The molecule has 2 rings (SSSR count). The molecular weight excluding hydrogens is 230 g/mol. The highest BCUT2D eigenvalue weighted by Gasteiger charge is 2.27. The van der Waals surface area contributed by atoms with Gasteiger partial charge in [0.25, 0.3) is 0 Å². The number of rotatable bonds is 5. The molecule has 0 aliphatic heterocycles. The van der Waals surface area contributed by atoms with Gasteiger partial charge in [-0.1, -0.05) is 0 Å². The Hall–Kier alpha value is -1.36. The molecule has 0 spiro atoms. The van der Waals surface area contributed by atoms with E-state index in [4.69, 9.17) is 9.47 Å². The molecule has 0 radical (unpaired) electrons. The summed E-state index contributed by atoms with van der Waals surface area (Å²) in [5.74, 6) is 1.22. The van der Waals surface area contributed by atoms with Gasteiger partial charge in [-0.3, -0.25) is 0 Å². The van der Waals surface area contributed by atoms with E-state index >= 15 is 0 Å². The summed E-state index contributed by atoms with van der Waals surface area (Å²) in [4.78, 5) is 8.57. The van der Waals surface area contributed by atoms with Gasteiger partial charge in [0.15, 0.2) is 0 Å². The van der Waals surface area contributed by atoms with Crippen LogP contribution in [0.4, 0.5) is 5.95 Å². The monoisotopic (exact) mass is 251 g/mol. The van der Waals surface area contributed by atoms with Crippen molar-refractivity contribution in [2.24, 2.45) is 0 Å². The van der Waals surface area contributed by atoms with Crippen molar-refractivity contribution in [1.29, 1.82) is 0 Å². The van der Waals surface area contributed by atoms with Crippen LogP contribution in [0.2, 0.25) is 0 Å². The zero-order valence-electron chi connectivity index (χ0n) is 11.2. The van der Waals surface area contributed by atoms with Crippen LogP contribution in [0.15, 0.2) is 12.3 Å². The lowest BCUT2D eigenvalue weighted by Gasteiger charge is -2.19. The summed E-state index contributed by atoms with van der Waals surface area (Å²) >= 11 is 0. The Balaban J connectivity index is 2.00. The topological polar surface area (TPSA) is 56.3 Å². The predicted octanol–water partition coefficient (Wildman–Crippen LogP) is 2.24. The molecular formula is C13H21N3O2. The van der Waals surface area contributed by atoms with Crippen LogP contribution in [-0.2, 0) is 4.74 Å². The van der Waals surface area contributed by atoms with E-state index in [1.54, 1.807) is 19.4 Å². The van der Waals surface area contributed by atoms with Crippen LogP contribution in [0.5, 0.6) is 5.88 Å². The Morgan fingerprint density at radius 3 is 2.94 bits per heavy atom. The summed E-state index contributed by atoms with van der Waals surface area (Å²) in [6.07, 6.45) is 5.45. The van der Waals surface area contributed by atoms with Crippen molar-refractivity contribution in [3.63, 3.8) is 0 Å². The Bertz CT molecular complexity index is 384. The number of aromatic nitrogens is 2. The van der Waals surface area contributed by atoms with Gasteiger partial charge in [0.05, 0.1) is 18.2 Å². The Morgan fingerprint density at radius 2 is 2.22 bits per heavy atom. The van der Waals surface area contributed by atoms with Gasteiger partial charge in [-0.2, -0.15) is 4.98 Å². The molecule has 0 bridgehead atoms. The molecule has 5 nitrogen and oxygen atoms in total. The van der Waals surface area contributed by atoms with Crippen molar-refractivity contribution in [1.82, 2.24) is 9.97 Å². The first kappa shape index (κ1) is 13.1. The first-order valence-electron chi connectivity index (χ1n) is 6.48. The molecule has 2 atom stereocenters. The highest BCUT2D eigenvalue weighted by molar-refractivity contribution is 5.29. The third-order valence-corrected chi connectivity index (χ3v) is 3.06. The average molecular weight is 251 g/mol. The first-order chi connectivity index (χ1) is 8.69. The van der Waals surface area contributed by atoms with E-state index in [0.29, 0.717) is 17.9 Å². The summed E-state index contributed by atoms with van der Waals surface area (Å²) in [7, 11) is 1.75. The minimum Gasteiger partial charge on any atom is -0.475 e. The van der Waals surface area contributed by atoms with Gasteiger partial charge >= 0.3 is 0 Å². The quantitative estimate of drug-likeness (QED) is 0.869. The van der Waals surface area contributed by atoms with Crippen molar-refractivity contribution in [3.8, 4) is 5.88 Å². The minimum atomic E-state index is 0.117. The summed E-state index contributed by atoms with van der Waals surface area (Å²) in [5.41, 5.74) is 0. The molecule has 1 saturated carbocycles. The van der Waals surface area contributed by atoms with Crippen molar-refractivity contribution in [2.75, 3.05) is 12.4 Å². The number of anilines is 1. The van der Waals surface area contributed by atoms with Gasteiger partial charge in [-0.15, -0.1) is 0 Å². The maximum atomic E-state index is 5.55. The number of ether oxygens (including phenoxy) is 2. The molecule has 1 aromatic heterocycles. The lowest BCUT2D eigenvalue weighted by molar-refractivity contribution is 0.101. The van der Waals surface area contributed by atoms with E-state index in [0.717, 1.165) is 12.8 Å². The Labute approximate surface area is 108 Å². The fourth-order valence-corrected chi connectivity index (χ4v) is 2.26. The number of nitrogens with zero attached hydrogens (tertiary/aromatic N) is 2. The number of methoxy groups -OCH3 is 1. The molecule has 1 aliphatic carbocycles. The molecule has 1 aliphatic rings. The third-order valence-electron chi connectivity index (χ3n) is 3.06. The molecule has 0 saturated heterocycles. The van der Waals surface area contributed by atoms with Gasteiger partial charge < -0.3 is 14.8 Å². The first-order valence-corrected chi connectivity index (χ1v) is 6.48. The SMILES string of the molecule is COC1CCCC1Nc1nccc(OC(C)C)n1. The largest absolute Gasteiger partial charge is 0.475 e. The number of hydrogen-bond donors (Lipinski definition) is 1. The minimum absolute atomic E-state index is 0.117. The standard InChI is InChI=1S/C13H21N3O2/c1-9(2)18-12-7-8-14-13(16-12)15-10-5-4-6-11(10)17-3/h7-11H,4-6H2,1-3H3,(H,14,15,16). The molecule has 2 unspecified atom stereocenters. The van der Waals surface area contributed by atoms with E-state index in [1.807, 2.05) is 13.8 Å². The summed E-state index contributed by atoms with van der Waals surface area (Å²) < 4.78 is 11.0. The highest BCUT2D eigenvalue weighted by atomic mass is 16.5. The zero-order chi connectivity index (χ0) is 13.0. The normalized spacial score (nSPS) is 23.3. The molecule has 100 valence electrons. The second kappa shape index (κ2) is 6.00. The van der Waals surface area contributed by atoms with Gasteiger partial charge in [0.2, 0.25) is 11.8 Å². The lowest BCUT2D eigenvalue weighted by atomic mass is 10.2. The lowest BCUT2D eigenvalue weighted by Crippen LogP contribution is -2.30. The Kier molecular flexibility index (Phi) is 4.36. The zero-order valence-corrected chi connectivity index (χ0v) is 11.2. The second-order valence-electron chi connectivity index (χ2n) is 4.84. The van der Waals surface area contributed by atoms with Crippen molar-refractivity contribution >= 4 is 5.95 Å². The average Bonchev–Trinajstić information content (AvgIpc) is 2.76. The number of hydrogen-bond acceptors (Lipinski definition) is 5. The summed E-state index contributed by atoms with van der Waals surface area (Å²) in [6.45, 7) is 3.96. The maximum Gasteiger partial charge on any atom is 0.226 e. The van der Waals surface area contributed by atoms with Crippen molar-refractivity contribution in [2.45, 2.75) is 51.4 Å². The van der Waals surface area contributed by atoms with Gasteiger partial charge in [-0.25, -0.2) is 4.98 Å². The molecule has 0 aromatic carbocycles. The van der Waals surface area contributed by atoms with Gasteiger partial charge in [0.1, 0.15) is 0 Å². The highest BCUT2D eigenvalue weighted by Crippen LogP contribution is 2.24. The number of nitrogens with one attached hydrogen (secondary N) is 1. The van der Waals surface area contributed by atoms with Crippen LogP contribution in [0.3, 0.4) is 0 Å². The molecule has 5 heteroatoms. The molecule has 1 heterocycles. The second-order valence-corrected chi connectivity index (χ2v) is 4.84. The van der Waals surface area contributed by atoms with Crippen LogP contribution in [-0.4, -0.2) is 35.3 Å². The van der Waals surface area contributed by atoms with E-state index in [9.17, 15) is 0 Å². The van der Waals surface area contributed by atoms with Crippen LogP contribution in [0, 0.1) is 0 Å². The van der Waals surface area contributed by atoms with Crippen LogP contribution >= 0.6 is 0 Å². The van der Waals surface area contributed by atoms with Crippen LogP contribution in [0.25, 0.3) is 0 Å². The van der Waals surface area contributed by atoms with Crippen LogP contribution < -0.4 is 10.1 Å². The van der Waals surface area contributed by atoms with Crippen molar-refractivity contribution < 1.29 is 9.47 Å². The maximum absolute atomic E-state index is 5.55. The van der Waals surface area contributed by atoms with Gasteiger partial charge in [-0.05, 0) is 33.1 Å². The molecule has 18 heavy (non-hydrogen) atoms. The van der Waals surface area contributed by atoms with Crippen LogP contribution in [0.1, 0.15) is 33.1 Å². The summed E-state index contributed by atoms with van der Waals surface area (Å²) in [5, 5.41) is 3.33. The van der Waals surface area contributed by atoms with Crippen molar-refractivity contribution in [3.05, 3.63) is 12.3 Å².